The van der Waals surface area contributed by atoms with Gasteiger partial charge in [0.2, 0.25) is 5.91 Å². The Labute approximate surface area is 99.0 Å². The summed E-state index contributed by atoms with van der Waals surface area (Å²) in [5.74, 6) is -0.338. The molecule has 0 spiro atoms. The Morgan fingerprint density at radius 1 is 1.44 bits per heavy atom. The molecule has 0 aliphatic rings. The van der Waals surface area contributed by atoms with Crippen LogP contribution in [0.25, 0.3) is 0 Å². The van der Waals surface area contributed by atoms with E-state index in [2.05, 4.69) is 15.3 Å². The van der Waals surface area contributed by atoms with Crippen molar-refractivity contribution in [2.24, 2.45) is 16.3 Å². The van der Waals surface area contributed by atoms with Crippen molar-refractivity contribution < 1.29 is 14.4 Å². The van der Waals surface area contributed by atoms with Crippen molar-refractivity contribution in [2.45, 2.75) is 20.8 Å². The molecule has 3 N–H and O–H groups in total. The fraction of sp³-hybridized carbons (Fsp3) is 0.667. The largest absolute Gasteiger partial charge is 0.433 e. The lowest BCUT2D eigenvalue weighted by atomic mass is 9.99. The molecule has 0 unspecified atom stereocenters. The summed E-state index contributed by atoms with van der Waals surface area (Å²) in [5, 5.41) is 6.50. The van der Waals surface area contributed by atoms with Gasteiger partial charge in [0, 0.05) is 12.5 Å². The van der Waals surface area contributed by atoms with Crippen LogP contribution in [0.3, 0.4) is 0 Å². The predicted molar refractivity (Wildman–Crippen MR) is 64.1 cm³/mol. The highest BCUT2D eigenvalue weighted by Crippen LogP contribution is 2.24. The van der Waals surface area contributed by atoms with Crippen molar-refractivity contribution in [1.82, 2.24) is 5.32 Å². The van der Waals surface area contributed by atoms with Crippen molar-refractivity contribution >= 4 is 28.8 Å². The van der Waals surface area contributed by atoms with E-state index in [9.17, 15) is 9.59 Å². The van der Waals surface area contributed by atoms with E-state index >= 15 is 0 Å². The van der Waals surface area contributed by atoms with Gasteiger partial charge >= 0.3 is 6.09 Å². The second-order valence-corrected chi connectivity index (χ2v) is 4.99. The minimum atomic E-state index is -0.651. The highest BCUT2D eigenvalue weighted by molar-refractivity contribution is 8.14. The normalized spacial score (nSPS) is 12.1. The minimum Gasteiger partial charge on any atom is -0.369 e. The lowest BCUT2D eigenvalue weighted by molar-refractivity contribution is -0.115. The van der Waals surface area contributed by atoms with Crippen LogP contribution in [-0.4, -0.2) is 29.8 Å². The molecule has 0 aliphatic heterocycles. The minimum absolute atomic E-state index is 0.104. The fourth-order valence-electron chi connectivity index (χ4n) is 0.648. The van der Waals surface area contributed by atoms with Gasteiger partial charge in [0.1, 0.15) is 5.04 Å². The number of thioether (sulfide) groups is 1. The van der Waals surface area contributed by atoms with E-state index in [0.29, 0.717) is 5.04 Å². The van der Waals surface area contributed by atoms with E-state index in [4.69, 9.17) is 5.73 Å². The molecule has 16 heavy (non-hydrogen) atoms. The second kappa shape index (κ2) is 6.37. The molecular weight excluding hydrogens is 230 g/mol. The number of nitrogens with zero attached hydrogens (tertiary/aromatic N) is 1. The zero-order valence-electron chi connectivity index (χ0n) is 9.86. The maximum atomic E-state index is 10.8. The first kappa shape index (κ1) is 14.8. The third kappa shape index (κ3) is 6.28. The number of nitrogens with one attached hydrogen (secondary N) is 1. The van der Waals surface area contributed by atoms with E-state index in [0.717, 1.165) is 11.8 Å². The summed E-state index contributed by atoms with van der Waals surface area (Å²) in [5.41, 5.74) is 4.72. The quantitative estimate of drug-likeness (QED) is 0.335. The van der Waals surface area contributed by atoms with Crippen LogP contribution in [0.2, 0.25) is 0 Å². The van der Waals surface area contributed by atoms with Crippen molar-refractivity contribution in [3.63, 3.8) is 0 Å². The van der Waals surface area contributed by atoms with E-state index in [1.54, 1.807) is 0 Å². The summed E-state index contributed by atoms with van der Waals surface area (Å²) in [6.45, 7) is 5.69. The molecule has 0 saturated heterocycles. The van der Waals surface area contributed by atoms with Crippen LogP contribution in [0, 0.1) is 5.41 Å². The van der Waals surface area contributed by atoms with Gasteiger partial charge in [-0.05, 0) is 0 Å². The molecule has 0 aromatic heterocycles. The van der Waals surface area contributed by atoms with Crippen LogP contribution in [0.1, 0.15) is 20.8 Å². The van der Waals surface area contributed by atoms with Crippen molar-refractivity contribution in [3.8, 4) is 0 Å². The Kier molecular flexibility index (Phi) is 5.87. The average Bonchev–Trinajstić information content (AvgIpc) is 2.14. The molecule has 0 bridgehead atoms. The van der Waals surface area contributed by atoms with Gasteiger partial charge < -0.3 is 11.1 Å². The summed E-state index contributed by atoms with van der Waals surface area (Å²) < 4.78 is 0. The van der Waals surface area contributed by atoms with Crippen LogP contribution < -0.4 is 11.1 Å². The van der Waals surface area contributed by atoms with Crippen molar-refractivity contribution in [1.29, 1.82) is 0 Å². The highest BCUT2D eigenvalue weighted by Gasteiger charge is 2.21. The Morgan fingerprint density at radius 3 is 2.38 bits per heavy atom. The number of carbonyl (C=O) groups is 2. The first-order valence-electron chi connectivity index (χ1n) is 4.65. The van der Waals surface area contributed by atoms with Gasteiger partial charge in [-0.3, -0.25) is 9.63 Å². The summed E-state index contributed by atoms with van der Waals surface area (Å²) >= 11 is 1.16. The molecular formula is C9H17N3O3S. The monoisotopic (exact) mass is 247 g/mol. The SMILES string of the molecule is CNC(=O)ON=C(SCC(N)=O)C(C)(C)C. The molecule has 92 valence electrons. The van der Waals surface area contributed by atoms with E-state index in [-0.39, 0.29) is 11.2 Å². The summed E-state index contributed by atoms with van der Waals surface area (Å²) in [6, 6.07) is 0. The highest BCUT2D eigenvalue weighted by atomic mass is 32.2. The molecule has 0 atom stereocenters. The Hall–Kier alpha value is -1.24. The first-order valence-corrected chi connectivity index (χ1v) is 5.64. The smallest absolute Gasteiger partial charge is 0.369 e. The molecule has 0 fully saturated rings. The summed E-state index contributed by atoms with van der Waals surface area (Å²) in [7, 11) is 1.44. The van der Waals surface area contributed by atoms with Crippen molar-refractivity contribution in [3.05, 3.63) is 0 Å². The fourth-order valence-corrected chi connectivity index (χ4v) is 1.45. The topological polar surface area (TPSA) is 93.8 Å². The van der Waals surface area contributed by atoms with Crippen LogP contribution in [0.4, 0.5) is 4.79 Å². The number of nitrogens with two attached hydrogens (primary N) is 1. The molecule has 0 aromatic carbocycles. The van der Waals surface area contributed by atoms with Gasteiger partial charge in [-0.15, -0.1) is 0 Å². The standard InChI is InChI=1S/C9H17N3O3S/c1-9(2,3)7(16-5-6(10)13)12-15-8(14)11-4/h5H2,1-4H3,(H2,10,13)(H,11,14). The Morgan fingerprint density at radius 2 is 2.00 bits per heavy atom. The zero-order valence-corrected chi connectivity index (χ0v) is 10.7. The molecule has 0 aliphatic carbocycles. The Bertz CT molecular complexity index is 297. The van der Waals surface area contributed by atoms with Gasteiger partial charge in [0.05, 0.1) is 5.75 Å². The van der Waals surface area contributed by atoms with Crippen LogP contribution in [0.15, 0.2) is 5.16 Å². The van der Waals surface area contributed by atoms with Crippen LogP contribution in [-0.2, 0) is 9.63 Å². The van der Waals surface area contributed by atoms with E-state index in [1.165, 1.54) is 7.05 Å². The molecule has 0 rings (SSSR count). The molecule has 0 aromatic rings. The third-order valence-corrected chi connectivity index (χ3v) is 2.80. The number of carbonyl (C=O) groups excluding carboxylic acids is 2. The number of rotatable bonds is 3. The predicted octanol–water partition coefficient (Wildman–Crippen LogP) is 0.920. The summed E-state index contributed by atoms with van der Waals surface area (Å²) in [6.07, 6.45) is -0.651. The molecule has 6 nitrogen and oxygen atoms in total. The van der Waals surface area contributed by atoms with Gasteiger partial charge in [-0.25, -0.2) is 4.79 Å². The Balaban J connectivity index is 4.55. The molecule has 0 heterocycles. The van der Waals surface area contributed by atoms with Crippen LogP contribution in [0.5, 0.6) is 0 Å². The van der Waals surface area contributed by atoms with Crippen molar-refractivity contribution in [2.75, 3.05) is 12.8 Å². The van der Waals surface area contributed by atoms with Gasteiger partial charge in [0.25, 0.3) is 0 Å². The zero-order chi connectivity index (χ0) is 12.8. The van der Waals surface area contributed by atoms with E-state index < -0.39 is 12.0 Å². The number of hydrogen-bond acceptors (Lipinski definition) is 5. The summed E-state index contributed by atoms with van der Waals surface area (Å²) in [4.78, 5) is 26.1. The number of oxime groups is 1. The maximum absolute atomic E-state index is 10.8. The van der Waals surface area contributed by atoms with Gasteiger partial charge in [0.15, 0.2) is 0 Å². The van der Waals surface area contributed by atoms with Crippen LogP contribution >= 0.6 is 11.8 Å². The second-order valence-electron chi connectivity index (χ2n) is 4.03. The lowest BCUT2D eigenvalue weighted by Gasteiger charge is -2.19. The molecule has 0 radical (unpaired) electrons. The average molecular weight is 247 g/mol. The molecule has 7 heteroatoms. The van der Waals surface area contributed by atoms with Gasteiger partial charge in [-0.1, -0.05) is 37.7 Å². The lowest BCUT2D eigenvalue weighted by Crippen LogP contribution is -2.23. The molecule has 2 amide bonds. The first-order chi connectivity index (χ1) is 7.27. The number of hydrogen-bond donors (Lipinski definition) is 2. The van der Waals surface area contributed by atoms with E-state index in [1.807, 2.05) is 20.8 Å². The third-order valence-electron chi connectivity index (χ3n) is 1.41. The number of primary amides is 1. The molecule has 0 saturated carbocycles. The van der Waals surface area contributed by atoms with Gasteiger partial charge in [-0.2, -0.15) is 0 Å². The number of amides is 2. The maximum Gasteiger partial charge on any atom is 0.433 e.